The molecule has 0 spiro atoms. The summed E-state index contributed by atoms with van der Waals surface area (Å²) < 4.78 is 0. The van der Waals surface area contributed by atoms with Crippen LogP contribution in [0.3, 0.4) is 0 Å². The summed E-state index contributed by atoms with van der Waals surface area (Å²) in [6, 6.07) is 27.3. The number of aliphatic hydroxyl groups is 1. The zero-order chi connectivity index (χ0) is 26.5. The Balaban J connectivity index is 1.13. The van der Waals surface area contributed by atoms with Gasteiger partial charge in [-0.05, 0) is 60.4 Å². The van der Waals surface area contributed by atoms with E-state index in [-0.39, 0.29) is 0 Å². The molecular formula is C32H39N5O. The number of hydrogen-bond acceptors (Lipinski definition) is 6. The van der Waals surface area contributed by atoms with E-state index in [2.05, 4.69) is 52.8 Å². The summed E-state index contributed by atoms with van der Waals surface area (Å²) in [5, 5.41) is 19.3. The highest BCUT2D eigenvalue weighted by molar-refractivity contribution is 5.90. The maximum absolute atomic E-state index is 10.8. The molecule has 1 aliphatic carbocycles. The Kier molecular flexibility index (Phi) is 8.20. The van der Waals surface area contributed by atoms with Crippen molar-refractivity contribution in [3.05, 3.63) is 95.6 Å². The Bertz CT molecular complexity index is 1330. The molecule has 1 heterocycles. The molecule has 6 nitrogen and oxygen atoms in total. The fraction of sp³-hybridized carbons (Fsp3) is 0.375. The second-order valence-electron chi connectivity index (χ2n) is 10.8. The van der Waals surface area contributed by atoms with Gasteiger partial charge in [0.1, 0.15) is 11.9 Å². The molecule has 3 aromatic carbocycles. The van der Waals surface area contributed by atoms with E-state index in [1.807, 2.05) is 62.6 Å². The smallest absolute Gasteiger partial charge is 0.225 e. The lowest BCUT2D eigenvalue weighted by Gasteiger charge is -2.31. The first-order valence-electron chi connectivity index (χ1n) is 13.7. The SMILES string of the molecule is C[C@H](CN[C@H]1CC[C@@H](Nc2nc(N(C)C)c3ccccc3n2)CC1)c1cccc(C(O)c2ccccc2)c1. The summed E-state index contributed by atoms with van der Waals surface area (Å²) in [4.78, 5) is 11.6. The lowest BCUT2D eigenvalue weighted by atomic mass is 9.90. The van der Waals surface area contributed by atoms with E-state index in [1.54, 1.807) is 0 Å². The van der Waals surface area contributed by atoms with Gasteiger partial charge in [-0.3, -0.25) is 0 Å². The van der Waals surface area contributed by atoms with Gasteiger partial charge in [-0.15, -0.1) is 0 Å². The summed E-state index contributed by atoms with van der Waals surface area (Å²) in [6.07, 6.45) is 3.85. The van der Waals surface area contributed by atoms with Gasteiger partial charge in [0, 0.05) is 38.1 Å². The van der Waals surface area contributed by atoms with Crippen molar-refractivity contribution in [2.45, 2.75) is 56.7 Å². The third kappa shape index (κ3) is 6.14. The Labute approximate surface area is 226 Å². The second-order valence-corrected chi connectivity index (χ2v) is 10.8. The van der Waals surface area contributed by atoms with Crippen molar-refractivity contribution in [3.63, 3.8) is 0 Å². The highest BCUT2D eigenvalue weighted by Crippen LogP contribution is 2.28. The van der Waals surface area contributed by atoms with Crippen LogP contribution in [0.15, 0.2) is 78.9 Å². The number of anilines is 2. The maximum Gasteiger partial charge on any atom is 0.225 e. The Morgan fingerprint density at radius 2 is 1.47 bits per heavy atom. The first kappa shape index (κ1) is 26.1. The van der Waals surface area contributed by atoms with Crippen molar-refractivity contribution < 1.29 is 5.11 Å². The van der Waals surface area contributed by atoms with E-state index >= 15 is 0 Å². The minimum atomic E-state index is -0.598. The van der Waals surface area contributed by atoms with E-state index in [0.717, 1.165) is 66.0 Å². The minimum Gasteiger partial charge on any atom is -0.384 e. The van der Waals surface area contributed by atoms with Crippen molar-refractivity contribution in [1.29, 1.82) is 0 Å². The van der Waals surface area contributed by atoms with Crippen molar-refractivity contribution in [2.24, 2.45) is 0 Å². The molecule has 0 aliphatic heterocycles. The van der Waals surface area contributed by atoms with Gasteiger partial charge in [-0.1, -0.05) is 73.7 Å². The van der Waals surface area contributed by atoms with Gasteiger partial charge in [0.15, 0.2) is 0 Å². The van der Waals surface area contributed by atoms with Crippen LogP contribution in [0.5, 0.6) is 0 Å². The molecule has 5 rings (SSSR count). The predicted molar refractivity (Wildman–Crippen MR) is 157 cm³/mol. The van der Waals surface area contributed by atoms with Crippen LogP contribution in [0.25, 0.3) is 10.9 Å². The van der Waals surface area contributed by atoms with Gasteiger partial charge >= 0.3 is 0 Å². The normalized spacial score (nSPS) is 19.2. The summed E-state index contributed by atoms with van der Waals surface area (Å²) in [6.45, 7) is 3.18. The van der Waals surface area contributed by atoms with E-state index in [9.17, 15) is 5.11 Å². The van der Waals surface area contributed by atoms with E-state index in [0.29, 0.717) is 18.0 Å². The van der Waals surface area contributed by atoms with Crippen LogP contribution < -0.4 is 15.5 Å². The number of nitrogens with zero attached hydrogens (tertiary/aromatic N) is 3. The third-order valence-electron chi connectivity index (χ3n) is 7.69. The molecule has 4 aromatic rings. The van der Waals surface area contributed by atoms with Crippen molar-refractivity contribution in [3.8, 4) is 0 Å². The van der Waals surface area contributed by atoms with Crippen LogP contribution in [-0.2, 0) is 0 Å². The molecule has 0 amide bonds. The van der Waals surface area contributed by atoms with Gasteiger partial charge < -0.3 is 20.6 Å². The quantitative estimate of drug-likeness (QED) is 0.261. The summed E-state index contributed by atoms with van der Waals surface area (Å²) >= 11 is 0. The average Bonchev–Trinajstić information content (AvgIpc) is 2.96. The first-order valence-corrected chi connectivity index (χ1v) is 13.7. The van der Waals surface area contributed by atoms with Gasteiger partial charge in [0.05, 0.1) is 5.52 Å². The molecule has 0 saturated heterocycles. The van der Waals surface area contributed by atoms with Crippen LogP contribution in [0.2, 0.25) is 0 Å². The molecule has 1 aromatic heterocycles. The van der Waals surface area contributed by atoms with Crippen LogP contribution in [0.4, 0.5) is 11.8 Å². The van der Waals surface area contributed by atoms with Crippen LogP contribution in [0, 0.1) is 0 Å². The first-order chi connectivity index (χ1) is 18.5. The minimum absolute atomic E-state index is 0.365. The highest BCUT2D eigenvalue weighted by Gasteiger charge is 2.23. The Morgan fingerprint density at radius 1 is 0.816 bits per heavy atom. The number of rotatable bonds is 9. The Hall–Kier alpha value is -3.48. The summed E-state index contributed by atoms with van der Waals surface area (Å²) in [5.74, 6) is 2.03. The molecule has 3 N–H and O–H groups in total. The lowest BCUT2D eigenvalue weighted by Crippen LogP contribution is -2.38. The fourth-order valence-corrected chi connectivity index (χ4v) is 5.41. The van der Waals surface area contributed by atoms with Crippen LogP contribution in [0.1, 0.15) is 61.3 Å². The molecule has 1 fully saturated rings. The largest absolute Gasteiger partial charge is 0.384 e. The monoisotopic (exact) mass is 509 g/mol. The zero-order valence-corrected chi connectivity index (χ0v) is 22.6. The predicted octanol–water partition coefficient (Wildman–Crippen LogP) is 5.89. The van der Waals surface area contributed by atoms with Gasteiger partial charge in [-0.2, -0.15) is 4.98 Å². The zero-order valence-electron chi connectivity index (χ0n) is 22.6. The van der Waals surface area contributed by atoms with Gasteiger partial charge in [-0.25, -0.2) is 4.98 Å². The molecule has 0 radical (unpaired) electrons. The van der Waals surface area contributed by atoms with E-state index < -0.39 is 6.10 Å². The lowest BCUT2D eigenvalue weighted by molar-refractivity contribution is 0.220. The van der Waals surface area contributed by atoms with Crippen molar-refractivity contribution in [2.75, 3.05) is 30.9 Å². The molecule has 2 atom stereocenters. The number of benzene rings is 3. The molecule has 1 saturated carbocycles. The molecular weight excluding hydrogens is 470 g/mol. The Morgan fingerprint density at radius 3 is 2.24 bits per heavy atom. The number of fused-ring (bicyclic) bond motifs is 1. The number of para-hydroxylation sites is 1. The molecule has 6 heteroatoms. The average molecular weight is 510 g/mol. The standard InChI is InChI=1S/C32H39N5O/c1-22(24-12-9-13-25(20-24)30(38)23-10-5-4-6-11-23)21-33-26-16-18-27(19-17-26)34-32-35-29-15-8-7-14-28(29)31(36-32)37(2)3/h4-15,20,22,26-27,30,33,38H,16-19,21H2,1-3H3,(H,34,35,36)/t22-,26-,27+,30?/m1/s1. The fourth-order valence-electron chi connectivity index (χ4n) is 5.41. The highest BCUT2D eigenvalue weighted by atomic mass is 16.3. The summed E-state index contributed by atoms with van der Waals surface area (Å²) in [5.41, 5.74) is 4.09. The second kappa shape index (κ2) is 11.9. The van der Waals surface area contributed by atoms with Gasteiger partial charge in [0.25, 0.3) is 0 Å². The van der Waals surface area contributed by atoms with Crippen LogP contribution >= 0.6 is 0 Å². The number of aromatic nitrogens is 2. The number of hydrogen-bond donors (Lipinski definition) is 3. The molecule has 0 bridgehead atoms. The van der Waals surface area contributed by atoms with Gasteiger partial charge in [0.2, 0.25) is 5.95 Å². The third-order valence-corrected chi connectivity index (χ3v) is 7.69. The van der Waals surface area contributed by atoms with E-state index in [4.69, 9.17) is 9.97 Å². The van der Waals surface area contributed by atoms with E-state index in [1.165, 1.54) is 5.56 Å². The van der Waals surface area contributed by atoms with Crippen molar-refractivity contribution >= 4 is 22.7 Å². The topological polar surface area (TPSA) is 73.3 Å². The number of nitrogens with one attached hydrogen (secondary N) is 2. The maximum atomic E-state index is 10.8. The molecule has 38 heavy (non-hydrogen) atoms. The van der Waals surface area contributed by atoms with Crippen molar-refractivity contribution in [1.82, 2.24) is 15.3 Å². The van der Waals surface area contributed by atoms with Crippen LogP contribution in [-0.4, -0.2) is 47.8 Å². The summed E-state index contributed by atoms with van der Waals surface area (Å²) in [7, 11) is 4.05. The molecule has 198 valence electrons. The molecule has 1 unspecified atom stereocenters. The molecule has 1 aliphatic rings. The number of aliphatic hydroxyl groups excluding tert-OH is 1.